The topological polar surface area (TPSA) is 12.0 Å². The third-order valence-electron chi connectivity index (χ3n) is 4.50. The second-order valence-electron chi connectivity index (χ2n) is 7.62. The highest BCUT2D eigenvalue weighted by Crippen LogP contribution is 2.29. The van der Waals surface area contributed by atoms with Gasteiger partial charge in [-0.15, -0.1) is 0 Å². The van der Waals surface area contributed by atoms with Crippen LogP contribution in [0.2, 0.25) is 0 Å². The summed E-state index contributed by atoms with van der Waals surface area (Å²) in [5.41, 5.74) is 0.471. The van der Waals surface area contributed by atoms with Crippen LogP contribution in [0.4, 0.5) is 0 Å². The van der Waals surface area contributed by atoms with E-state index in [0.717, 1.165) is 17.9 Å². The molecule has 1 heteroatoms. The van der Waals surface area contributed by atoms with E-state index in [1.165, 1.54) is 51.5 Å². The molecule has 0 radical (unpaired) electrons. The Balaban J connectivity index is 2.25. The highest BCUT2D eigenvalue weighted by Gasteiger charge is 2.25. The molecule has 0 aromatic heterocycles. The monoisotopic (exact) mass is 253 g/mol. The zero-order valence-electron chi connectivity index (χ0n) is 13.4. The van der Waals surface area contributed by atoms with Gasteiger partial charge in [-0.25, -0.2) is 0 Å². The molecule has 0 amide bonds. The van der Waals surface area contributed by atoms with Crippen LogP contribution in [0.3, 0.4) is 0 Å². The molecule has 1 saturated carbocycles. The van der Waals surface area contributed by atoms with E-state index in [1.807, 2.05) is 0 Å². The van der Waals surface area contributed by atoms with Crippen LogP contribution in [-0.2, 0) is 0 Å². The SMILES string of the molecule is CCCCCC(C)(C)CNC1CC(C)CC(C)C1. The Bertz CT molecular complexity index is 212. The molecule has 1 aliphatic carbocycles. The molecule has 0 bridgehead atoms. The fourth-order valence-electron chi connectivity index (χ4n) is 3.48. The Morgan fingerprint density at radius 3 is 2.17 bits per heavy atom. The average Bonchev–Trinajstić information content (AvgIpc) is 2.25. The Morgan fingerprint density at radius 2 is 1.61 bits per heavy atom. The van der Waals surface area contributed by atoms with Crippen LogP contribution in [0.5, 0.6) is 0 Å². The number of hydrogen-bond donors (Lipinski definition) is 1. The van der Waals surface area contributed by atoms with Gasteiger partial charge in [-0.05, 0) is 42.9 Å². The molecule has 0 aliphatic heterocycles. The molecule has 0 aromatic rings. The summed E-state index contributed by atoms with van der Waals surface area (Å²) >= 11 is 0. The van der Waals surface area contributed by atoms with Gasteiger partial charge in [0.25, 0.3) is 0 Å². The predicted octanol–water partition coefficient (Wildman–Crippen LogP) is 5.01. The smallest absolute Gasteiger partial charge is 0.00723 e. The summed E-state index contributed by atoms with van der Waals surface area (Å²) in [6.45, 7) is 13.2. The quantitative estimate of drug-likeness (QED) is 0.629. The minimum Gasteiger partial charge on any atom is -0.313 e. The molecule has 108 valence electrons. The lowest BCUT2D eigenvalue weighted by atomic mass is 9.79. The maximum absolute atomic E-state index is 3.85. The fraction of sp³-hybridized carbons (Fsp3) is 1.00. The summed E-state index contributed by atoms with van der Waals surface area (Å²) in [5, 5.41) is 3.85. The summed E-state index contributed by atoms with van der Waals surface area (Å²) in [6, 6.07) is 0.772. The van der Waals surface area contributed by atoms with Gasteiger partial charge in [0.2, 0.25) is 0 Å². The lowest BCUT2D eigenvalue weighted by Crippen LogP contribution is -2.41. The summed E-state index contributed by atoms with van der Waals surface area (Å²) in [7, 11) is 0. The standard InChI is InChI=1S/C17H35N/c1-6-7-8-9-17(4,5)13-18-16-11-14(2)10-15(3)12-16/h14-16,18H,6-13H2,1-5H3. The van der Waals surface area contributed by atoms with E-state index in [1.54, 1.807) is 0 Å². The number of nitrogens with one attached hydrogen (secondary N) is 1. The van der Waals surface area contributed by atoms with Crippen LogP contribution < -0.4 is 5.32 Å². The van der Waals surface area contributed by atoms with Gasteiger partial charge in [-0.1, -0.05) is 53.9 Å². The van der Waals surface area contributed by atoms with E-state index >= 15 is 0 Å². The first kappa shape index (κ1) is 16.0. The highest BCUT2D eigenvalue weighted by atomic mass is 14.9. The molecule has 0 saturated heterocycles. The lowest BCUT2D eigenvalue weighted by Gasteiger charge is -2.35. The maximum atomic E-state index is 3.85. The molecule has 1 rings (SSSR count). The van der Waals surface area contributed by atoms with Gasteiger partial charge in [0.05, 0.1) is 0 Å². The molecule has 0 spiro atoms. The third-order valence-corrected chi connectivity index (χ3v) is 4.50. The van der Waals surface area contributed by atoms with Crippen LogP contribution in [0.25, 0.3) is 0 Å². The summed E-state index contributed by atoms with van der Waals surface area (Å²) in [4.78, 5) is 0. The van der Waals surface area contributed by atoms with Crippen molar-refractivity contribution in [3.05, 3.63) is 0 Å². The van der Waals surface area contributed by atoms with Crippen LogP contribution in [-0.4, -0.2) is 12.6 Å². The minimum absolute atomic E-state index is 0.471. The molecule has 18 heavy (non-hydrogen) atoms. The van der Waals surface area contributed by atoms with Gasteiger partial charge < -0.3 is 5.32 Å². The van der Waals surface area contributed by atoms with Crippen LogP contribution in [0.1, 0.15) is 79.6 Å². The molecule has 2 unspecified atom stereocenters. The molecule has 2 atom stereocenters. The normalized spacial score (nSPS) is 29.5. The Hall–Kier alpha value is -0.0400. The van der Waals surface area contributed by atoms with Crippen molar-refractivity contribution in [2.45, 2.75) is 85.6 Å². The number of hydrogen-bond acceptors (Lipinski definition) is 1. The number of rotatable bonds is 7. The largest absolute Gasteiger partial charge is 0.313 e. The molecule has 1 aliphatic rings. The van der Waals surface area contributed by atoms with Crippen molar-refractivity contribution < 1.29 is 0 Å². The predicted molar refractivity (Wildman–Crippen MR) is 81.9 cm³/mol. The first-order valence-corrected chi connectivity index (χ1v) is 8.16. The second-order valence-corrected chi connectivity index (χ2v) is 7.62. The molecular formula is C17H35N. The minimum atomic E-state index is 0.471. The van der Waals surface area contributed by atoms with Crippen molar-refractivity contribution in [2.75, 3.05) is 6.54 Å². The molecule has 1 N–H and O–H groups in total. The van der Waals surface area contributed by atoms with Crippen molar-refractivity contribution in [3.63, 3.8) is 0 Å². The van der Waals surface area contributed by atoms with Crippen molar-refractivity contribution in [1.29, 1.82) is 0 Å². The lowest BCUT2D eigenvalue weighted by molar-refractivity contribution is 0.210. The van der Waals surface area contributed by atoms with Crippen LogP contribution in [0, 0.1) is 17.3 Å². The Kier molecular flexibility index (Phi) is 6.70. The first-order valence-electron chi connectivity index (χ1n) is 8.16. The van der Waals surface area contributed by atoms with E-state index < -0.39 is 0 Å². The molecule has 1 nitrogen and oxygen atoms in total. The van der Waals surface area contributed by atoms with Crippen molar-refractivity contribution in [3.8, 4) is 0 Å². The van der Waals surface area contributed by atoms with Crippen LogP contribution >= 0.6 is 0 Å². The Labute approximate surface area is 115 Å². The summed E-state index contributed by atoms with van der Waals surface area (Å²) < 4.78 is 0. The van der Waals surface area contributed by atoms with E-state index in [2.05, 4.69) is 39.9 Å². The molecule has 0 aromatic carbocycles. The summed E-state index contributed by atoms with van der Waals surface area (Å²) in [5.74, 6) is 1.82. The molecule has 0 heterocycles. The molecular weight excluding hydrogens is 218 g/mol. The van der Waals surface area contributed by atoms with E-state index in [-0.39, 0.29) is 0 Å². The second kappa shape index (κ2) is 7.53. The van der Waals surface area contributed by atoms with E-state index in [9.17, 15) is 0 Å². The molecule has 1 fully saturated rings. The van der Waals surface area contributed by atoms with Crippen molar-refractivity contribution in [1.82, 2.24) is 5.32 Å². The summed E-state index contributed by atoms with van der Waals surface area (Å²) in [6.07, 6.45) is 9.68. The average molecular weight is 253 g/mol. The van der Waals surface area contributed by atoms with Crippen LogP contribution in [0.15, 0.2) is 0 Å². The maximum Gasteiger partial charge on any atom is 0.00723 e. The highest BCUT2D eigenvalue weighted by molar-refractivity contribution is 4.82. The fourth-order valence-corrected chi connectivity index (χ4v) is 3.48. The number of unbranched alkanes of at least 4 members (excludes halogenated alkanes) is 2. The van der Waals surface area contributed by atoms with Crippen molar-refractivity contribution in [2.24, 2.45) is 17.3 Å². The van der Waals surface area contributed by atoms with Gasteiger partial charge >= 0.3 is 0 Å². The van der Waals surface area contributed by atoms with Gasteiger partial charge in [0.1, 0.15) is 0 Å². The van der Waals surface area contributed by atoms with Crippen molar-refractivity contribution >= 4 is 0 Å². The zero-order chi connectivity index (χ0) is 13.6. The Morgan fingerprint density at radius 1 is 1.00 bits per heavy atom. The van der Waals surface area contributed by atoms with Gasteiger partial charge in [-0.3, -0.25) is 0 Å². The third kappa shape index (κ3) is 6.22. The first-order chi connectivity index (χ1) is 8.43. The van der Waals surface area contributed by atoms with Gasteiger partial charge in [0, 0.05) is 12.6 Å². The van der Waals surface area contributed by atoms with Gasteiger partial charge in [0.15, 0.2) is 0 Å². The van der Waals surface area contributed by atoms with E-state index in [0.29, 0.717) is 5.41 Å². The zero-order valence-corrected chi connectivity index (χ0v) is 13.4. The van der Waals surface area contributed by atoms with E-state index in [4.69, 9.17) is 0 Å². The van der Waals surface area contributed by atoms with Gasteiger partial charge in [-0.2, -0.15) is 0 Å².